The number of hydrogen-bond acceptors (Lipinski definition) is 6. The van der Waals surface area contributed by atoms with Crippen LogP contribution in [0.4, 0.5) is 16.2 Å². The quantitative estimate of drug-likeness (QED) is 0.564. The molecule has 144 valence electrons. The minimum atomic E-state index is -0.208. The number of thiophene rings is 1. The van der Waals surface area contributed by atoms with E-state index < -0.39 is 0 Å². The summed E-state index contributed by atoms with van der Waals surface area (Å²) in [7, 11) is 0. The Kier molecular flexibility index (Phi) is 5.34. The van der Waals surface area contributed by atoms with Crippen LogP contribution in [0.3, 0.4) is 0 Å². The molecule has 0 aliphatic heterocycles. The van der Waals surface area contributed by atoms with Gasteiger partial charge in [0.2, 0.25) is 17.7 Å². The minimum absolute atomic E-state index is 0.150. The number of hydrogen-bond donors (Lipinski definition) is 3. The fourth-order valence-electron chi connectivity index (χ4n) is 2.52. The summed E-state index contributed by atoms with van der Waals surface area (Å²) in [5.41, 5.74) is 2.21. The van der Waals surface area contributed by atoms with Crippen molar-refractivity contribution in [2.45, 2.75) is 31.7 Å². The number of carbonyl (C=O) groups excluding carboxylic acids is 2. The molecular weight excluding hydrogens is 378 g/mol. The molecule has 3 N–H and O–H groups in total. The smallest absolute Gasteiger partial charge is 0.319 e. The van der Waals surface area contributed by atoms with Crippen molar-refractivity contribution in [3.05, 3.63) is 47.0 Å². The van der Waals surface area contributed by atoms with E-state index in [1.54, 1.807) is 35.6 Å². The van der Waals surface area contributed by atoms with E-state index in [4.69, 9.17) is 4.42 Å². The first kappa shape index (κ1) is 18.2. The number of amides is 3. The molecule has 3 aromatic rings. The monoisotopic (exact) mass is 397 g/mol. The third-order valence-corrected chi connectivity index (χ3v) is 4.82. The number of aromatic nitrogens is 2. The molecule has 0 spiro atoms. The first-order valence-electron chi connectivity index (χ1n) is 8.98. The second kappa shape index (κ2) is 8.22. The lowest BCUT2D eigenvalue weighted by atomic mass is 10.2. The molecule has 28 heavy (non-hydrogen) atoms. The fraction of sp³-hybridized carbons (Fsp3) is 0.263. The zero-order chi connectivity index (χ0) is 19.3. The van der Waals surface area contributed by atoms with Crippen LogP contribution in [0.2, 0.25) is 0 Å². The zero-order valence-electron chi connectivity index (χ0n) is 15.0. The van der Waals surface area contributed by atoms with Crippen molar-refractivity contribution in [1.29, 1.82) is 0 Å². The average molecular weight is 397 g/mol. The van der Waals surface area contributed by atoms with Crippen LogP contribution in [0.5, 0.6) is 0 Å². The van der Waals surface area contributed by atoms with Gasteiger partial charge in [-0.2, -0.15) is 11.3 Å². The van der Waals surface area contributed by atoms with Gasteiger partial charge >= 0.3 is 6.03 Å². The van der Waals surface area contributed by atoms with Crippen LogP contribution in [0, 0.1) is 0 Å². The Morgan fingerprint density at radius 1 is 1.07 bits per heavy atom. The van der Waals surface area contributed by atoms with E-state index in [-0.39, 0.29) is 18.4 Å². The average Bonchev–Trinajstić information content (AvgIpc) is 3.15. The molecule has 1 aromatic carbocycles. The molecule has 0 radical (unpaired) electrons. The van der Waals surface area contributed by atoms with Crippen LogP contribution in [0.1, 0.15) is 25.2 Å². The largest absolute Gasteiger partial charge is 0.421 e. The van der Waals surface area contributed by atoms with Crippen molar-refractivity contribution >= 4 is 34.6 Å². The highest BCUT2D eigenvalue weighted by molar-refractivity contribution is 7.08. The van der Waals surface area contributed by atoms with Gasteiger partial charge in [-0.05, 0) is 48.6 Å². The van der Waals surface area contributed by atoms with E-state index >= 15 is 0 Å². The lowest BCUT2D eigenvalue weighted by Crippen LogP contribution is -2.30. The van der Waals surface area contributed by atoms with Crippen LogP contribution < -0.4 is 16.0 Å². The number of rotatable bonds is 7. The number of benzene rings is 1. The maximum atomic E-state index is 12.1. The molecule has 2 heterocycles. The molecule has 1 saturated carbocycles. The SMILES string of the molecule is O=C(CCc1nnc(-c2ccsc2)o1)Nc1ccc(NC(=O)NC2CC2)cc1. The Hall–Kier alpha value is -3.20. The maximum Gasteiger partial charge on any atom is 0.319 e. The molecule has 0 unspecified atom stereocenters. The molecule has 0 saturated heterocycles. The summed E-state index contributed by atoms with van der Waals surface area (Å²) >= 11 is 1.55. The normalized spacial score (nSPS) is 13.1. The van der Waals surface area contributed by atoms with E-state index in [0.29, 0.717) is 35.6 Å². The van der Waals surface area contributed by atoms with Crippen molar-refractivity contribution in [2.75, 3.05) is 10.6 Å². The maximum absolute atomic E-state index is 12.1. The van der Waals surface area contributed by atoms with Gasteiger partial charge in [0, 0.05) is 41.2 Å². The molecule has 0 atom stereocenters. The molecule has 3 amide bonds. The summed E-state index contributed by atoms with van der Waals surface area (Å²) in [6, 6.07) is 8.97. The highest BCUT2D eigenvalue weighted by atomic mass is 32.1. The Morgan fingerprint density at radius 3 is 2.50 bits per heavy atom. The fourth-order valence-corrected chi connectivity index (χ4v) is 3.15. The van der Waals surface area contributed by atoms with Crippen LogP contribution in [-0.2, 0) is 11.2 Å². The van der Waals surface area contributed by atoms with Gasteiger partial charge in [-0.3, -0.25) is 4.79 Å². The first-order chi connectivity index (χ1) is 13.7. The number of nitrogens with zero attached hydrogens (tertiary/aromatic N) is 2. The summed E-state index contributed by atoms with van der Waals surface area (Å²) in [6.45, 7) is 0. The second-order valence-corrected chi connectivity index (χ2v) is 7.29. The minimum Gasteiger partial charge on any atom is -0.421 e. The Morgan fingerprint density at radius 2 is 1.82 bits per heavy atom. The summed E-state index contributed by atoms with van der Waals surface area (Å²) in [5, 5.41) is 20.3. The lowest BCUT2D eigenvalue weighted by molar-refractivity contribution is -0.116. The molecule has 1 fully saturated rings. The number of carbonyl (C=O) groups is 2. The van der Waals surface area contributed by atoms with Gasteiger partial charge in [0.1, 0.15) is 0 Å². The number of aryl methyl sites for hydroxylation is 1. The Bertz CT molecular complexity index is 948. The van der Waals surface area contributed by atoms with Crippen molar-refractivity contribution in [3.8, 4) is 11.5 Å². The predicted octanol–water partition coefficient (Wildman–Crippen LogP) is 3.65. The molecule has 4 rings (SSSR count). The molecular formula is C19H19N5O3S. The summed E-state index contributed by atoms with van der Waals surface area (Å²) in [5.74, 6) is 0.741. The van der Waals surface area contributed by atoms with Gasteiger partial charge in [0.15, 0.2) is 0 Å². The van der Waals surface area contributed by atoms with E-state index in [9.17, 15) is 9.59 Å². The number of anilines is 2. The number of urea groups is 1. The van der Waals surface area contributed by atoms with Gasteiger partial charge in [-0.15, -0.1) is 10.2 Å². The Labute approximate surface area is 165 Å². The van der Waals surface area contributed by atoms with Crippen LogP contribution in [0.15, 0.2) is 45.5 Å². The standard InChI is InChI=1S/C19H19N5O3S/c25-16(7-8-17-23-24-18(27-17)12-9-10-28-11-12)20-13-1-3-14(4-2-13)21-19(26)22-15-5-6-15/h1-4,9-11,15H,5-8H2,(H,20,25)(H2,21,22,26). The topological polar surface area (TPSA) is 109 Å². The lowest BCUT2D eigenvalue weighted by Gasteiger charge is -2.08. The summed E-state index contributed by atoms with van der Waals surface area (Å²) < 4.78 is 5.57. The van der Waals surface area contributed by atoms with Gasteiger partial charge in [-0.1, -0.05) is 0 Å². The van der Waals surface area contributed by atoms with Crippen LogP contribution in [0.25, 0.3) is 11.5 Å². The van der Waals surface area contributed by atoms with Crippen molar-refractivity contribution in [1.82, 2.24) is 15.5 Å². The second-order valence-electron chi connectivity index (χ2n) is 6.51. The third-order valence-electron chi connectivity index (χ3n) is 4.14. The zero-order valence-corrected chi connectivity index (χ0v) is 15.8. The van der Waals surface area contributed by atoms with E-state index in [0.717, 1.165) is 18.4 Å². The van der Waals surface area contributed by atoms with E-state index in [1.807, 2.05) is 16.8 Å². The Balaban J connectivity index is 1.23. The third kappa shape index (κ3) is 4.95. The number of nitrogens with one attached hydrogen (secondary N) is 3. The van der Waals surface area contributed by atoms with Gasteiger partial charge in [0.25, 0.3) is 0 Å². The van der Waals surface area contributed by atoms with E-state index in [2.05, 4.69) is 26.1 Å². The molecule has 9 heteroatoms. The van der Waals surface area contributed by atoms with Gasteiger partial charge < -0.3 is 20.4 Å². The van der Waals surface area contributed by atoms with Crippen molar-refractivity contribution < 1.29 is 14.0 Å². The summed E-state index contributed by atoms with van der Waals surface area (Å²) in [4.78, 5) is 23.8. The highest BCUT2D eigenvalue weighted by Crippen LogP contribution is 2.21. The van der Waals surface area contributed by atoms with Crippen LogP contribution in [-0.4, -0.2) is 28.2 Å². The van der Waals surface area contributed by atoms with Crippen LogP contribution >= 0.6 is 11.3 Å². The van der Waals surface area contributed by atoms with Gasteiger partial charge in [0.05, 0.1) is 0 Å². The predicted molar refractivity (Wildman–Crippen MR) is 106 cm³/mol. The molecule has 2 aromatic heterocycles. The van der Waals surface area contributed by atoms with E-state index in [1.165, 1.54) is 0 Å². The molecule has 1 aliphatic carbocycles. The first-order valence-corrected chi connectivity index (χ1v) is 9.92. The molecule has 1 aliphatic rings. The molecule has 0 bridgehead atoms. The van der Waals surface area contributed by atoms with Crippen molar-refractivity contribution in [2.24, 2.45) is 0 Å². The van der Waals surface area contributed by atoms with Gasteiger partial charge in [-0.25, -0.2) is 4.79 Å². The highest BCUT2D eigenvalue weighted by Gasteiger charge is 2.23. The molecule has 8 nitrogen and oxygen atoms in total. The summed E-state index contributed by atoms with van der Waals surface area (Å²) in [6.07, 6.45) is 2.67. The van der Waals surface area contributed by atoms with Crippen molar-refractivity contribution in [3.63, 3.8) is 0 Å².